The number of hydrogen-bond donors (Lipinski definition) is 2. The number of rotatable bonds is 3. The molecular weight excluding hydrogens is 314 g/mol. The van der Waals surface area contributed by atoms with E-state index in [0.717, 1.165) is 14.5 Å². The van der Waals surface area contributed by atoms with Gasteiger partial charge in [0.15, 0.2) is 0 Å². The monoisotopic (exact) mass is 321 g/mol. The van der Waals surface area contributed by atoms with E-state index in [4.69, 9.17) is 10.8 Å². The van der Waals surface area contributed by atoms with Gasteiger partial charge in [-0.2, -0.15) is 0 Å². The Morgan fingerprint density at radius 3 is 2.71 bits per heavy atom. The Hall–Kier alpha value is -0.390. The van der Waals surface area contributed by atoms with Crippen LogP contribution in [0.4, 0.5) is 0 Å². The molecule has 0 spiro atoms. The van der Waals surface area contributed by atoms with Crippen LogP contribution in [0.1, 0.15) is 5.56 Å². The Bertz CT molecular complexity index is 355. The Kier molecular flexibility index (Phi) is 4.10. The molecule has 0 aliphatic heterocycles. The summed E-state index contributed by atoms with van der Waals surface area (Å²) >= 11 is 6.70. The number of benzene rings is 1. The number of hydrogen-bond acceptors (Lipinski definition) is 2. The van der Waals surface area contributed by atoms with Gasteiger partial charge in [0.2, 0.25) is 0 Å². The highest BCUT2D eigenvalue weighted by molar-refractivity contribution is 9.13. The van der Waals surface area contributed by atoms with Crippen LogP contribution in [0.2, 0.25) is 0 Å². The fourth-order valence-corrected chi connectivity index (χ4v) is 1.86. The van der Waals surface area contributed by atoms with Crippen LogP contribution in [0, 0.1) is 0 Å². The minimum Gasteiger partial charge on any atom is -0.480 e. The van der Waals surface area contributed by atoms with E-state index in [9.17, 15) is 4.79 Å². The molecule has 1 unspecified atom stereocenters. The van der Waals surface area contributed by atoms with Gasteiger partial charge in [-0.15, -0.1) is 0 Å². The van der Waals surface area contributed by atoms with Crippen molar-refractivity contribution in [3.05, 3.63) is 32.7 Å². The zero-order valence-corrected chi connectivity index (χ0v) is 10.4. The molecule has 0 bridgehead atoms. The minimum atomic E-state index is -0.989. The van der Waals surface area contributed by atoms with Gasteiger partial charge in [-0.3, -0.25) is 4.79 Å². The van der Waals surface area contributed by atoms with Crippen LogP contribution in [-0.4, -0.2) is 17.1 Å². The number of carbonyl (C=O) groups is 1. The van der Waals surface area contributed by atoms with E-state index in [0.29, 0.717) is 6.42 Å². The standard InChI is InChI=1S/C9H9Br2NO2/c10-6-3-1-2-5(8(6)11)4-7(12)9(13)14/h1-3,7H,4,12H2,(H,13,14). The van der Waals surface area contributed by atoms with Crippen LogP contribution in [0.25, 0.3) is 0 Å². The van der Waals surface area contributed by atoms with Gasteiger partial charge in [-0.05, 0) is 49.9 Å². The molecule has 3 nitrogen and oxygen atoms in total. The molecule has 0 heterocycles. The molecule has 0 aliphatic carbocycles. The van der Waals surface area contributed by atoms with Crippen molar-refractivity contribution in [2.24, 2.45) is 5.73 Å². The first-order chi connectivity index (χ1) is 6.52. The summed E-state index contributed by atoms with van der Waals surface area (Å²) in [6, 6.07) is 4.71. The lowest BCUT2D eigenvalue weighted by atomic mass is 10.1. The molecule has 0 amide bonds. The smallest absolute Gasteiger partial charge is 0.320 e. The van der Waals surface area contributed by atoms with Crippen molar-refractivity contribution in [2.75, 3.05) is 0 Å². The number of carboxylic acids is 1. The second-order valence-electron chi connectivity index (χ2n) is 2.86. The molecular formula is C9H9Br2NO2. The van der Waals surface area contributed by atoms with Gasteiger partial charge in [-0.1, -0.05) is 12.1 Å². The number of aliphatic carboxylic acids is 1. The van der Waals surface area contributed by atoms with Gasteiger partial charge >= 0.3 is 5.97 Å². The molecule has 14 heavy (non-hydrogen) atoms. The highest BCUT2D eigenvalue weighted by Gasteiger charge is 2.14. The maximum absolute atomic E-state index is 10.5. The van der Waals surface area contributed by atoms with Gasteiger partial charge in [-0.25, -0.2) is 0 Å². The highest BCUT2D eigenvalue weighted by atomic mass is 79.9. The van der Waals surface area contributed by atoms with Gasteiger partial charge < -0.3 is 10.8 Å². The first-order valence-corrected chi connectivity index (χ1v) is 5.52. The summed E-state index contributed by atoms with van der Waals surface area (Å²) in [7, 11) is 0. The van der Waals surface area contributed by atoms with Gasteiger partial charge in [0.1, 0.15) is 6.04 Å². The number of carboxylic acid groups (broad SMARTS) is 1. The zero-order valence-electron chi connectivity index (χ0n) is 7.21. The van der Waals surface area contributed by atoms with Crippen molar-refractivity contribution in [3.8, 4) is 0 Å². The lowest BCUT2D eigenvalue weighted by Gasteiger charge is -2.09. The van der Waals surface area contributed by atoms with E-state index in [1.807, 2.05) is 18.2 Å². The SMILES string of the molecule is NC(Cc1cccc(Br)c1Br)C(=O)O. The van der Waals surface area contributed by atoms with Crippen LogP contribution in [-0.2, 0) is 11.2 Å². The third kappa shape index (κ3) is 2.80. The normalized spacial score (nSPS) is 12.5. The van der Waals surface area contributed by atoms with E-state index in [-0.39, 0.29) is 0 Å². The van der Waals surface area contributed by atoms with Gasteiger partial charge in [0.05, 0.1) is 0 Å². The Morgan fingerprint density at radius 1 is 1.50 bits per heavy atom. The van der Waals surface area contributed by atoms with Crippen molar-refractivity contribution >= 4 is 37.8 Å². The summed E-state index contributed by atoms with van der Waals surface area (Å²) in [4.78, 5) is 10.5. The average Bonchev–Trinajstić information content (AvgIpc) is 2.12. The summed E-state index contributed by atoms with van der Waals surface area (Å²) in [5.41, 5.74) is 6.32. The van der Waals surface area contributed by atoms with Crippen LogP contribution in [0.15, 0.2) is 27.1 Å². The van der Waals surface area contributed by atoms with E-state index in [2.05, 4.69) is 31.9 Å². The molecule has 0 radical (unpaired) electrons. The van der Waals surface area contributed by atoms with Gasteiger partial charge in [0.25, 0.3) is 0 Å². The molecule has 1 aromatic carbocycles. The summed E-state index contributed by atoms with van der Waals surface area (Å²) < 4.78 is 1.75. The first kappa shape index (κ1) is 11.7. The maximum Gasteiger partial charge on any atom is 0.320 e. The zero-order chi connectivity index (χ0) is 10.7. The molecule has 1 atom stereocenters. The molecule has 1 rings (SSSR count). The average molecular weight is 323 g/mol. The lowest BCUT2D eigenvalue weighted by molar-refractivity contribution is -0.138. The molecule has 5 heteroatoms. The summed E-state index contributed by atoms with van der Waals surface area (Å²) in [5.74, 6) is -0.989. The van der Waals surface area contributed by atoms with Crippen LogP contribution < -0.4 is 5.73 Å². The molecule has 0 aliphatic rings. The second-order valence-corrected chi connectivity index (χ2v) is 4.51. The maximum atomic E-state index is 10.5. The summed E-state index contributed by atoms with van der Waals surface area (Å²) in [6.45, 7) is 0. The van der Waals surface area contributed by atoms with E-state index in [1.54, 1.807) is 0 Å². The Balaban J connectivity index is 2.87. The van der Waals surface area contributed by atoms with Crippen molar-refractivity contribution < 1.29 is 9.90 Å². The minimum absolute atomic E-state index is 0.315. The molecule has 3 N–H and O–H groups in total. The summed E-state index contributed by atoms with van der Waals surface area (Å²) in [5, 5.41) is 8.65. The molecule has 0 aromatic heterocycles. The fraction of sp³-hybridized carbons (Fsp3) is 0.222. The number of halogens is 2. The van der Waals surface area contributed by atoms with Gasteiger partial charge in [0, 0.05) is 8.95 Å². The van der Waals surface area contributed by atoms with Crippen molar-refractivity contribution in [3.63, 3.8) is 0 Å². The first-order valence-electron chi connectivity index (χ1n) is 3.93. The summed E-state index contributed by atoms with van der Waals surface area (Å²) in [6.07, 6.45) is 0.315. The third-order valence-electron chi connectivity index (χ3n) is 1.79. The van der Waals surface area contributed by atoms with Crippen molar-refractivity contribution in [1.29, 1.82) is 0 Å². The Labute approximate surface area is 98.6 Å². The van der Waals surface area contributed by atoms with E-state index in [1.165, 1.54) is 0 Å². The van der Waals surface area contributed by atoms with E-state index >= 15 is 0 Å². The molecule has 0 fully saturated rings. The molecule has 0 saturated carbocycles. The molecule has 76 valence electrons. The van der Waals surface area contributed by atoms with Crippen LogP contribution in [0.5, 0.6) is 0 Å². The predicted octanol–water partition coefficient (Wildman–Crippen LogP) is 2.17. The Morgan fingerprint density at radius 2 is 2.14 bits per heavy atom. The van der Waals surface area contributed by atoms with E-state index < -0.39 is 12.0 Å². The lowest BCUT2D eigenvalue weighted by Crippen LogP contribution is -2.32. The topological polar surface area (TPSA) is 63.3 Å². The second kappa shape index (κ2) is 4.91. The molecule has 0 saturated heterocycles. The van der Waals surface area contributed by atoms with Crippen molar-refractivity contribution in [1.82, 2.24) is 0 Å². The highest BCUT2D eigenvalue weighted by Crippen LogP contribution is 2.27. The predicted molar refractivity (Wildman–Crippen MR) is 61.2 cm³/mol. The molecule has 1 aromatic rings. The largest absolute Gasteiger partial charge is 0.480 e. The number of nitrogens with two attached hydrogens (primary N) is 1. The fourth-order valence-electron chi connectivity index (χ4n) is 1.03. The quantitative estimate of drug-likeness (QED) is 0.896. The van der Waals surface area contributed by atoms with Crippen molar-refractivity contribution in [2.45, 2.75) is 12.5 Å². The van der Waals surface area contributed by atoms with Crippen LogP contribution in [0.3, 0.4) is 0 Å². The van der Waals surface area contributed by atoms with Crippen LogP contribution >= 0.6 is 31.9 Å². The third-order valence-corrected chi connectivity index (χ3v) is 3.92.